The summed E-state index contributed by atoms with van der Waals surface area (Å²) >= 11 is 9.82. The first-order chi connectivity index (χ1) is 10.6. The molecule has 1 aromatic carbocycles. The van der Waals surface area contributed by atoms with Gasteiger partial charge in [0.1, 0.15) is 0 Å². The number of esters is 1. The van der Waals surface area contributed by atoms with E-state index in [0.29, 0.717) is 16.6 Å². The molecule has 3 aromatic rings. The molecule has 0 unspecified atom stereocenters. The van der Waals surface area contributed by atoms with Crippen LogP contribution in [-0.2, 0) is 4.74 Å². The maximum atomic E-state index is 12.1. The quantitative estimate of drug-likeness (QED) is 0.617. The molecule has 4 nitrogen and oxygen atoms in total. The van der Waals surface area contributed by atoms with Crippen molar-refractivity contribution in [1.29, 1.82) is 0 Å². The Morgan fingerprint density at radius 2 is 1.95 bits per heavy atom. The minimum absolute atomic E-state index is 0.259. The summed E-state index contributed by atoms with van der Waals surface area (Å²) in [6, 6.07) is 9.28. The molecule has 0 radical (unpaired) electrons. The molecular formula is C16H10BrClN2O2. The number of ether oxygens (including phenoxy) is 1. The molecule has 0 N–H and O–H groups in total. The molecule has 0 atom stereocenters. The van der Waals surface area contributed by atoms with Gasteiger partial charge in [-0.05, 0) is 18.2 Å². The lowest BCUT2D eigenvalue weighted by molar-refractivity contribution is 0.0603. The van der Waals surface area contributed by atoms with E-state index in [-0.39, 0.29) is 10.6 Å². The number of hydrogen-bond acceptors (Lipinski definition) is 4. The van der Waals surface area contributed by atoms with Crippen LogP contribution in [0.15, 0.2) is 47.2 Å². The van der Waals surface area contributed by atoms with E-state index in [2.05, 4.69) is 25.9 Å². The van der Waals surface area contributed by atoms with E-state index in [0.717, 1.165) is 10.0 Å². The molecule has 0 fully saturated rings. The monoisotopic (exact) mass is 376 g/mol. The van der Waals surface area contributed by atoms with Crippen LogP contribution in [0.3, 0.4) is 0 Å². The highest BCUT2D eigenvalue weighted by Crippen LogP contribution is 2.34. The van der Waals surface area contributed by atoms with Crippen LogP contribution in [0.5, 0.6) is 0 Å². The normalized spacial score (nSPS) is 10.7. The second-order valence-corrected chi connectivity index (χ2v) is 5.83. The summed E-state index contributed by atoms with van der Waals surface area (Å²) in [5.41, 5.74) is 2.27. The number of rotatable bonds is 2. The molecule has 3 rings (SSSR count). The third-order valence-corrected chi connectivity index (χ3v) is 4.13. The SMILES string of the molecule is COC(=O)c1c(Cl)c(-c2ccc(Br)cc2)nc2ccncc12. The summed E-state index contributed by atoms with van der Waals surface area (Å²) in [7, 11) is 1.32. The number of pyridine rings is 2. The van der Waals surface area contributed by atoms with Crippen LogP contribution in [0.4, 0.5) is 0 Å². The summed E-state index contributed by atoms with van der Waals surface area (Å²) in [5, 5.41) is 0.829. The van der Waals surface area contributed by atoms with Crippen molar-refractivity contribution in [3.8, 4) is 11.3 Å². The van der Waals surface area contributed by atoms with Crippen LogP contribution >= 0.6 is 27.5 Å². The molecule has 0 bridgehead atoms. The number of methoxy groups -OCH3 is 1. The predicted molar refractivity (Wildman–Crippen MR) is 89.0 cm³/mol. The third-order valence-electron chi connectivity index (χ3n) is 3.23. The smallest absolute Gasteiger partial charge is 0.340 e. The Morgan fingerprint density at radius 1 is 1.23 bits per heavy atom. The van der Waals surface area contributed by atoms with Gasteiger partial charge < -0.3 is 4.74 Å². The fourth-order valence-electron chi connectivity index (χ4n) is 2.18. The molecule has 2 heterocycles. The number of fused-ring (bicyclic) bond motifs is 1. The molecule has 2 aromatic heterocycles. The topological polar surface area (TPSA) is 52.1 Å². The van der Waals surface area contributed by atoms with E-state index >= 15 is 0 Å². The van der Waals surface area contributed by atoms with Gasteiger partial charge in [-0.3, -0.25) is 4.98 Å². The molecule has 0 amide bonds. The van der Waals surface area contributed by atoms with Crippen LogP contribution in [0.2, 0.25) is 5.02 Å². The highest BCUT2D eigenvalue weighted by molar-refractivity contribution is 9.10. The fourth-order valence-corrected chi connectivity index (χ4v) is 2.78. The van der Waals surface area contributed by atoms with Crippen LogP contribution < -0.4 is 0 Å². The molecule has 0 spiro atoms. The number of carbonyl (C=O) groups is 1. The van der Waals surface area contributed by atoms with Crippen LogP contribution in [0, 0.1) is 0 Å². The molecule has 0 aliphatic heterocycles. The lowest BCUT2D eigenvalue weighted by Gasteiger charge is -2.11. The average Bonchev–Trinajstić information content (AvgIpc) is 2.54. The van der Waals surface area contributed by atoms with Gasteiger partial charge in [0, 0.05) is 27.8 Å². The van der Waals surface area contributed by atoms with Gasteiger partial charge in [0.05, 0.1) is 28.9 Å². The van der Waals surface area contributed by atoms with Gasteiger partial charge in [-0.2, -0.15) is 0 Å². The molecule has 22 heavy (non-hydrogen) atoms. The van der Waals surface area contributed by atoms with Crippen molar-refractivity contribution < 1.29 is 9.53 Å². The van der Waals surface area contributed by atoms with Gasteiger partial charge in [-0.25, -0.2) is 9.78 Å². The van der Waals surface area contributed by atoms with Crippen LogP contribution in [0.25, 0.3) is 22.2 Å². The average molecular weight is 378 g/mol. The zero-order valence-electron chi connectivity index (χ0n) is 11.5. The van der Waals surface area contributed by atoms with Gasteiger partial charge in [0.25, 0.3) is 0 Å². The zero-order valence-corrected chi connectivity index (χ0v) is 13.9. The summed E-state index contributed by atoms with van der Waals surface area (Å²) in [6.45, 7) is 0. The third kappa shape index (κ3) is 2.58. The van der Waals surface area contributed by atoms with Crippen molar-refractivity contribution in [3.05, 3.63) is 57.8 Å². The second kappa shape index (κ2) is 6.02. The lowest BCUT2D eigenvalue weighted by atomic mass is 10.1. The minimum Gasteiger partial charge on any atom is -0.465 e. The lowest BCUT2D eigenvalue weighted by Crippen LogP contribution is -2.06. The molecular weight excluding hydrogens is 368 g/mol. The number of carbonyl (C=O) groups excluding carboxylic acids is 1. The van der Waals surface area contributed by atoms with Crippen molar-refractivity contribution in [3.63, 3.8) is 0 Å². The number of aromatic nitrogens is 2. The first kappa shape index (κ1) is 14.9. The van der Waals surface area contributed by atoms with Crippen LogP contribution in [-0.4, -0.2) is 23.0 Å². The maximum absolute atomic E-state index is 12.1. The van der Waals surface area contributed by atoms with E-state index < -0.39 is 5.97 Å². The summed E-state index contributed by atoms with van der Waals surface area (Å²) in [4.78, 5) is 20.7. The van der Waals surface area contributed by atoms with Gasteiger partial charge >= 0.3 is 5.97 Å². The van der Waals surface area contributed by atoms with Crippen molar-refractivity contribution in [2.75, 3.05) is 7.11 Å². The van der Waals surface area contributed by atoms with E-state index in [1.165, 1.54) is 7.11 Å². The fraction of sp³-hybridized carbons (Fsp3) is 0.0625. The molecule has 0 saturated carbocycles. The highest BCUT2D eigenvalue weighted by Gasteiger charge is 2.21. The van der Waals surface area contributed by atoms with Gasteiger partial charge in [-0.15, -0.1) is 0 Å². The van der Waals surface area contributed by atoms with Gasteiger partial charge in [0.15, 0.2) is 0 Å². The standard InChI is InChI=1S/C16H10BrClN2O2/c1-22-16(21)13-11-8-19-7-6-12(11)20-15(14(13)18)9-2-4-10(17)5-3-9/h2-8H,1H3. The Balaban J connectivity index is 2.34. The van der Waals surface area contributed by atoms with Crippen LogP contribution in [0.1, 0.15) is 10.4 Å². The van der Waals surface area contributed by atoms with Crippen molar-refractivity contribution in [1.82, 2.24) is 9.97 Å². The van der Waals surface area contributed by atoms with Crippen molar-refractivity contribution in [2.24, 2.45) is 0 Å². The highest BCUT2D eigenvalue weighted by atomic mass is 79.9. The molecule has 110 valence electrons. The minimum atomic E-state index is -0.510. The summed E-state index contributed by atoms with van der Waals surface area (Å²) < 4.78 is 5.80. The van der Waals surface area contributed by atoms with Crippen molar-refractivity contribution in [2.45, 2.75) is 0 Å². The Kier molecular flexibility index (Phi) is 4.09. The first-order valence-corrected chi connectivity index (χ1v) is 7.56. The number of benzene rings is 1. The first-order valence-electron chi connectivity index (χ1n) is 6.39. The molecule has 6 heteroatoms. The van der Waals surface area contributed by atoms with Crippen molar-refractivity contribution >= 4 is 44.4 Å². The Bertz CT molecular complexity index is 866. The Morgan fingerprint density at radius 3 is 2.64 bits per heavy atom. The van der Waals surface area contributed by atoms with E-state index in [1.807, 2.05) is 24.3 Å². The Labute approximate surface area is 140 Å². The largest absolute Gasteiger partial charge is 0.465 e. The zero-order chi connectivity index (χ0) is 15.7. The van der Waals surface area contributed by atoms with Gasteiger partial charge in [0.2, 0.25) is 0 Å². The Hall–Kier alpha value is -1.98. The number of halogens is 2. The van der Waals surface area contributed by atoms with E-state index in [9.17, 15) is 4.79 Å². The predicted octanol–water partition coefficient (Wildman–Crippen LogP) is 4.50. The number of nitrogens with zero attached hydrogens (tertiary/aromatic N) is 2. The van der Waals surface area contributed by atoms with E-state index in [4.69, 9.17) is 16.3 Å². The molecule has 0 aliphatic carbocycles. The molecule has 0 aliphatic rings. The molecule has 0 saturated heterocycles. The summed E-state index contributed by atoms with van der Waals surface area (Å²) in [5.74, 6) is -0.510. The maximum Gasteiger partial charge on any atom is 0.340 e. The summed E-state index contributed by atoms with van der Waals surface area (Å²) in [6.07, 6.45) is 3.18. The second-order valence-electron chi connectivity index (χ2n) is 4.54. The van der Waals surface area contributed by atoms with Gasteiger partial charge in [-0.1, -0.05) is 39.7 Å². The number of hydrogen-bond donors (Lipinski definition) is 0. The van der Waals surface area contributed by atoms with E-state index in [1.54, 1.807) is 18.5 Å².